The van der Waals surface area contributed by atoms with E-state index < -0.39 is 0 Å². The quantitative estimate of drug-likeness (QED) is 0.445. The molecule has 0 radical (unpaired) electrons. The molecule has 0 aliphatic rings. The Bertz CT molecular complexity index is 91.1. The number of esters is 1. The van der Waals surface area contributed by atoms with Crippen molar-refractivity contribution in [2.45, 2.75) is 6.92 Å². The second kappa shape index (κ2) is 4.75. The molecule has 0 aromatic heterocycles. The number of ether oxygens (including phenoxy) is 1. The Balaban J connectivity index is 3.27. The van der Waals surface area contributed by atoms with E-state index in [1.807, 2.05) is 6.92 Å². The molecule has 0 fully saturated rings. The molecule has 0 saturated heterocycles. The third-order valence-corrected chi connectivity index (χ3v) is 1.64. The summed E-state index contributed by atoms with van der Waals surface area (Å²) in [6.45, 7) is 6.45. The van der Waals surface area contributed by atoms with E-state index in [1.165, 1.54) is 0 Å². The van der Waals surface area contributed by atoms with Gasteiger partial charge in [-0.1, -0.05) is 0 Å². The summed E-state index contributed by atoms with van der Waals surface area (Å²) >= 11 is 0. The molecule has 0 aromatic carbocycles. The summed E-state index contributed by atoms with van der Waals surface area (Å²) in [5.41, 5.74) is 0. The number of hydrogen-bond donors (Lipinski definition) is 0. The SMILES string of the molecule is CCOC(=O)CP(C)C. The zero-order valence-corrected chi connectivity index (χ0v) is 7.07. The standard InChI is InChI=1S/C6H13O2P/c1-4-8-6(7)5-9(2)3/h4-5H2,1-3H3. The van der Waals surface area contributed by atoms with Gasteiger partial charge < -0.3 is 4.74 Å². The van der Waals surface area contributed by atoms with Crippen molar-refractivity contribution < 1.29 is 9.53 Å². The van der Waals surface area contributed by atoms with E-state index in [-0.39, 0.29) is 13.9 Å². The molecule has 0 saturated carbocycles. The molecule has 0 unspecified atom stereocenters. The van der Waals surface area contributed by atoms with Crippen LogP contribution in [0.25, 0.3) is 0 Å². The van der Waals surface area contributed by atoms with Crippen molar-refractivity contribution in [1.29, 1.82) is 0 Å². The average Bonchev–Trinajstić information content (AvgIpc) is 1.63. The van der Waals surface area contributed by atoms with Gasteiger partial charge in [-0.05, 0) is 20.3 Å². The van der Waals surface area contributed by atoms with Gasteiger partial charge in [0.15, 0.2) is 0 Å². The van der Waals surface area contributed by atoms with Gasteiger partial charge in [-0.2, -0.15) is 0 Å². The van der Waals surface area contributed by atoms with Gasteiger partial charge in [0, 0.05) is 0 Å². The highest BCUT2D eigenvalue weighted by Gasteiger charge is 2.02. The fraction of sp³-hybridized carbons (Fsp3) is 0.833. The van der Waals surface area contributed by atoms with Gasteiger partial charge in [-0.3, -0.25) is 4.79 Å². The van der Waals surface area contributed by atoms with Gasteiger partial charge in [0.2, 0.25) is 0 Å². The predicted octanol–water partition coefficient (Wildman–Crippen LogP) is 1.29. The predicted molar refractivity (Wildman–Crippen MR) is 40.3 cm³/mol. The zero-order valence-electron chi connectivity index (χ0n) is 6.18. The van der Waals surface area contributed by atoms with E-state index in [1.54, 1.807) is 0 Å². The average molecular weight is 148 g/mol. The molecule has 0 amide bonds. The fourth-order valence-corrected chi connectivity index (χ4v) is 1.07. The van der Waals surface area contributed by atoms with Crippen LogP contribution in [0.3, 0.4) is 0 Å². The van der Waals surface area contributed by atoms with E-state index in [4.69, 9.17) is 4.74 Å². The normalized spacial score (nSPS) is 9.78. The maximum atomic E-state index is 10.6. The maximum Gasteiger partial charge on any atom is 0.310 e. The molecule has 3 heteroatoms. The van der Waals surface area contributed by atoms with Crippen LogP contribution in [0.1, 0.15) is 6.92 Å². The molecule has 54 valence electrons. The Morgan fingerprint density at radius 1 is 1.56 bits per heavy atom. The molecule has 0 N–H and O–H groups in total. The van der Waals surface area contributed by atoms with Gasteiger partial charge in [-0.25, -0.2) is 0 Å². The molecule has 0 aliphatic heterocycles. The molecule has 0 aromatic rings. The lowest BCUT2D eigenvalue weighted by Gasteiger charge is -2.03. The topological polar surface area (TPSA) is 26.3 Å². The molecular formula is C6H13O2P. The first-order valence-corrected chi connectivity index (χ1v) is 5.39. The lowest BCUT2D eigenvalue weighted by atomic mass is 10.8. The molecule has 9 heavy (non-hydrogen) atoms. The van der Waals surface area contributed by atoms with Crippen LogP contribution >= 0.6 is 7.92 Å². The molecular weight excluding hydrogens is 135 g/mol. The van der Waals surface area contributed by atoms with Gasteiger partial charge in [-0.15, -0.1) is 7.92 Å². The molecule has 0 spiro atoms. The highest BCUT2D eigenvalue weighted by Crippen LogP contribution is 2.23. The first-order chi connectivity index (χ1) is 4.16. The van der Waals surface area contributed by atoms with Crippen LogP contribution in [0.15, 0.2) is 0 Å². The van der Waals surface area contributed by atoms with Crippen LogP contribution in [-0.4, -0.2) is 32.1 Å². The summed E-state index contributed by atoms with van der Waals surface area (Å²) in [6.07, 6.45) is 0.600. The minimum Gasteiger partial charge on any atom is -0.466 e. The third-order valence-electron chi connectivity index (χ3n) is 0.751. The molecule has 0 rings (SSSR count). The Labute approximate surface area is 57.3 Å². The largest absolute Gasteiger partial charge is 0.466 e. The lowest BCUT2D eigenvalue weighted by Crippen LogP contribution is -2.07. The van der Waals surface area contributed by atoms with Crippen molar-refractivity contribution >= 4 is 13.9 Å². The lowest BCUT2D eigenvalue weighted by molar-refractivity contribution is -0.139. The number of carbonyl (C=O) groups is 1. The summed E-state index contributed by atoms with van der Waals surface area (Å²) in [6, 6.07) is 0. The van der Waals surface area contributed by atoms with Gasteiger partial charge in [0.1, 0.15) is 0 Å². The summed E-state index contributed by atoms with van der Waals surface area (Å²) in [7, 11) is -0.126. The minimum atomic E-state index is -0.126. The summed E-state index contributed by atoms with van der Waals surface area (Å²) < 4.78 is 4.73. The van der Waals surface area contributed by atoms with E-state index >= 15 is 0 Å². The monoisotopic (exact) mass is 148 g/mol. The molecule has 0 atom stereocenters. The van der Waals surface area contributed by atoms with E-state index in [9.17, 15) is 4.79 Å². The first-order valence-electron chi connectivity index (χ1n) is 2.97. The smallest absolute Gasteiger partial charge is 0.310 e. The highest BCUT2D eigenvalue weighted by molar-refractivity contribution is 7.56. The van der Waals surface area contributed by atoms with Crippen molar-refractivity contribution in [2.75, 3.05) is 26.1 Å². The van der Waals surface area contributed by atoms with Crippen LogP contribution in [0.4, 0.5) is 0 Å². The Hall–Kier alpha value is -0.100. The van der Waals surface area contributed by atoms with Crippen LogP contribution in [0.5, 0.6) is 0 Å². The first kappa shape index (κ1) is 8.90. The third kappa shape index (κ3) is 5.78. The van der Waals surface area contributed by atoms with Crippen molar-refractivity contribution in [3.05, 3.63) is 0 Å². The number of hydrogen-bond acceptors (Lipinski definition) is 2. The van der Waals surface area contributed by atoms with Gasteiger partial charge in [0.25, 0.3) is 0 Å². The second-order valence-corrected chi connectivity index (χ2v) is 4.52. The van der Waals surface area contributed by atoms with Crippen LogP contribution in [0, 0.1) is 0 Å². The van der Waals surface area contributed by atoms with E-state index in [0.717, 1.165) is 0 Å². The fourth-order valence-electron chi connectivity index (χ4n) is 0.465. The van der Waals surface area contributed by atoms with Crippen molar-refractivity contribution in [3.8, 4) is 0 Å². The summed E-state index contributed by atoms with van der Waals surface area (Å²) in [5.74, 6) is -0.0615. The van der Waals surface area contributed by atoms with E-state index in [2.05, 4.69) is 13.3 Å². The summed E-state index contributed by atoms with van der Waals surface area (Å²) in [4.78, 5) is 10.6. The Morgan fingerprint density at radius 3 is 2.44 bits per heavy atom. The van der Waals surface area contributed by atoms with Gasteiger partial charge in [0.05, 0.1) is 12.8 Å². The van der Waals surface area contributed by atoms with Gasteiger partial charge >= 0.3 is 5.97 Å². The van der Waals surface area contributed by atoms with Crippen LogP contribution in [-0.2, 0) is 9.53 Å². The van der Waals surface area contributed by atoms with Crippen molar-refractivity contribution in [3.63, 3.8) is 0 Å². The molecule has 0 bridgehead atoms. The Kier molecular flexibility index (Phi) is 4.70. The van der Waals surface area contributed by atoms with Crippen LogP contribution in [0.2, 0.25) is 0 Å². The molecule has 2 nitrogen and oxygen atoms in total. The van der Waals surface area contributed by atoms with Crippen molar-refractivity contribution in [2.24, 2.45) is 0 Å². The second-order valence-electron chi connectivity index (χ2n) is 2.04. The number of carbonyl (C=O) groups excluding carboxylic acids is 1. The molecule has 0 heterocycles. The molecule has 0 aliphatic carbocycles. The maximum absolute atomic E-state index is 10.6. The van der Waals surface area contributed by atoms with Crippen molar-refractivity contribution in [1.82, 2.24) is 0 Å². The highest BCUT2D eigenvalue weighted by atomic mass is 31.1. The van der Waals surface area contributed by atoms with Crippen LogP contribution < -0.4 is 0 Å². The summed E-state index contributed by atoms with van der Waals surface area (Å²) in [5, 5.41) is 0. The zero-order chi connectivity index (χ0) is 7.28. The Morgan fingerprint density at radius 2 is 2.11 bits per heavy atom. The minimum absolute atomic E-state index is 0.0615. The number of rotatable bonds is 3. The van der Waals surface area contributed by atoms with E-state index in [0.29, 0.717) is 12.8 Å².